The van der Waals surface area contributed by atoms with Crippen LogP contribution in [0.2, 0.25) is 0 Å². The van der Waals surface area contributed by atoms with Gasteiger partial charge < -0.3 is 28.9 Å². The van der Waals surface area contributed by atoms with Crippen LogP contribution in [-0.4, -0.2) is 48.4 Å². The van der Waals surface area contributed by atoms with E-state index in [1.54, 1.807) is 28.4 Å². The molecule has 8 bridgehead atoms. The molecule has 4 aromatic carbocycles. The third-order valence-corrected chi connectivity index (χ3v) is 10.3. The largest absolute Gasteiger partial charge is 0.497 e. The Balaban J connectivity index is 0.00000455. The molecule has 57 heavy (non-hydrogen) atoms. The predicted octanol–water partition coefficient (Wildman–Crippen LogP) is 11.4. The number of hydrogen-bond donors (Lipinski definition) is 2. The van der Waals surface area contributed by atoms with Crippen LogP contribution in [0.1, 0.15) is 22.8 Å². The summed E-state index contributed by atoms with van der Waals surface area (Å²) < 4.78 is 22.1. The molecule has 2 aliphatic heterocycles. The van der Waals surface area contributed by atoms with E-state index >= 15 is 0 Å². The van der Waals surface area contributed by atoms with Crippen molar-refractivity contribution in [2.45, 2.75) is 0 Å². The van der Waals surface area contributed by atoms with Crippen LogP contribution in [-0.2, 0) is 17.1 Å². The first kappa shape index (κ1) is 37.1. The number of hydrogen-bond acceptors (Lipinski definition) is 6. The van der Waals surface area contributed by atoms with Gasteiger partial charge in [-0.05, 0) is 119 Å². The molecule has 9 heteroatoms. The number of aromatic amines is 2. The zero-order valence-corrected chi connectivity index (χ0v) is 32.9. The summed E-state index contributed by atoms with van der Waals surface area (Å²) in [6, 6.07) is 40.9. The standard InChI is InChI=1S/C48H38N4O4.Mn/c1-53-33-13-5-29(6-14-33)45-37-21-23-39(49-37)46(30-7-15-34(54-2)16-8-30)41-25-27-43(51-41)48(32-11-19-36(56-4)20-12-32)44-28-26-42(52-44)47(40-24-22-38(45)50-40)31-9-17-35(55-3)18-10-31;/h5-28,49,52H,1-4H3;. The van der Waals surface area contributed by atoms with Crippen molar-refractivity contribution in [3.63, 3.8) is 0 Å². The summed E-state index contributed by atoms with van der Waals surface area (Å²) in [6.45, 7) is 0. The number of aromatic nitrogens is 4. The number of ether oxygens (including phenoxy) is 4. The van der Waals surface area contributed by atoms with Gasteiger partial charge in [0.05, 0.1) is 51.2 Å². The van der Waals surface area contributed by atoms with E-state index in [1.165, 1.54) is 0 Å². The molecule has 0 saturated carbocycles. The Morgan fingerprint density at radius 3 is 0.719 bits per heavy atom. The van der Waals surface area contributed by atoms with Crippen molar-refractivity contribution in [1.82, 2.24) is 19.9 Å². The molecule has 0 aliphatic carbocycles. The van der Waals surface area contributed by atoms with Crippen molar-refractivity contribution < 1.29 is 36.0 Å². The summed E-state index contributed by atoms with van der Waals surface area (Å²) in [4.78, 5) is 18.4. The van der Waals surface area contributed by atoms with Gasteiger partial charge in [0.15, 0.2) is 0 Å². The van der Waals surface area contributed by atoms with Gasteiger partial charge >= 0.3 is 0 Å². The van der Waals surface area contributed by atoms with E-state index in [4.69, 9.17) is 28.9 Å². The molecular weight excluding hydrogens is 751 g/mol. The molecule has 0 amide bonds. The average molecular weight is 790 g/mol. The number of fused-ring (bicyclic) bond motifs is 8. The first-order chi connectivity index (χ1) is 27.5. The van der Waals surface area contributed by atoms with Gasteiger partial charge in [0.1, 0.15) is 23.0 Å². The Hall–Kier alpha value is -6.80. The zero-order chi connectivity index (χ0) is 38.2. The van der Waals surface area contributed by atoms with Gasteiger partial charge in [-0.2, -0.15) is 0 Å². The SMILES string of the molecule is COc1ccc(-c2c3nc(c(-c4ccc(OC)cc4)c4ccc([nH]4)c(-c4ccc(OC)cc4)c4nc(c(-c5ccc(OC)cc5)c5ccc2[nH]5)C=C4)C=C3)cc1.[Mn]. The zero-order valence-electron chi connectivity index (χ0n) is 31.8. The second-order valence-corrected chi connectivity index (χ2v) is 13.4. The Morgan fingerprint density at radius 2 is 0.526 bits per heavy atom. The van der Waals surface area contributed by atoms with Crippen LogP contribution in [0.3, 0.4) is 0 Å². The summed E-state index contributed by atoms with van der Waals surface area (Å²) in [5.74, 6) is 3.12. The molecular formula is C48H38MnN4O4. The fourth-order valence-corrected chi connectivity index (χ4v) is 7.45. The normalized spacial score (nSPS) is 11.6. The molecule has 9 rings (SSSR count). The van der Waals surface area contributed by atoms with E-state index in [0.29, 0.717) is 0 Å². The van der Waals surface area contributed by atoms with Crippen molar-refractivity contribution in [2.75, 3.05) is 28.4 Å². The van der Waals surface area contributed by atoms with Crippen LogP contribution in [0, 0.1) is 0 Å². The summed E-state index contributed by atoms with van der Waals surface area (Å²) in [7, 11) is 6.71. The van der Waals surface area contributed by atoms with E-state index in [2.05, 4.69) is 107 Å². The fraction of sp³-hybridized carbons (Fsp3) is 0.0833. The first-order valence-corrected chi connectivity index (χ1v) is 18.3. The Bertz CT molecular complexity index is 2440. The van der Waals surface area contributed by atoms with Gasteiger partial charge in [-0.15, -0.1) is 0 Å². The van der Waals surface area contributed by atoms with Gasteiger partial charge in [0.25, 0.3) is 0 Å². The molecule has 0 fully saturated rings. The van der Waals surface area contributed by atoms with Gasteiger partial charge in [-0.1, -0.05) is 48.5 Å². The van der Waals surface area contributed by atoms with Gasteiger partial charge in [-0.3, -0.25) is 0 Å². The molecule has 5 heterocycles. The third kappa shape index (κ3) is 6.99. The quantitative estimate of drug-likeness (QED) is 0.149. The molecule has 1 radical (unpaired) electrons. The Labute approximate surface area is 341 Å². The van der Waals surface area contributed by atoms with E-state index in [0.717, 1.165) is 112 Å². The van der Waals surface area contributed by atoms with E-state index < -0.39 is 0 Å². The smallest absolute Gasteiger partial charge is 0.118 e. The van der Waals surface area contributed by atoms with Crippen molar-refractivity contribution in [3.05, 3.63) is 144 Å². The Kier molecular flexibility index (Phi) is 10.3. The molecule has 0 unspecified atom stereocenters. The van der Waals surface area contributed by atoms with E-state index in [1.807, 2.05) is 48.5 Å². The van der Waals surface area contributed by atoms with Gasteiger partial charge in [0.2, 0.25) is 0 Å². The first-order valence-electron chi connectivity index (χ1n) is 18.3. The number of nitrogens with one attached hydrogen (secondary N) is 2. The number of nitrogens with zero attached hydrogens (tertiary/aromatic N) is 2. The molecule has 0 atom stereocenters. The molecule has 2 aliphatic rings. The third-order valence-electron chi connectivity index (χ3n) is 10.3. The van der Waals surface area contributed by atoms with E-state index in [-0.39, 0.29) is 17.1 Å². The summed E-state index contributed by atoms with van der Waals surface area (Å²) >= 11 is 0. The molecule has 3 aromatic heterocycles. The van der Waals surface area contributed by atoms with Crippen LogP contribution >= 0.6 is 0 Å². The minimum absolute atomic E-state index is 0. The van der Waals surface area contributed by atoms with Crippen molar-refractivity contribution in [3.8, 4) is 67.5 Å². The molecule has 0 spiro atoms. The molecule has 0 saturated heterocycles. The molecule has 7 aromatic rings. The second kappa shape index (κ2) is 15.7. The fourth-order valence-electron chi connectivity index (χ4n) is 7.45. The Morgan fingerprint density at radius 1 is 0.316 bits per heavy atom. The van der Waals surface area contributed by atoms with Crippen LogP contribution < -0.4 is 18.9 Å². The number of rotatable bonds is 8. The number of benzene rings is 4. The maximum Gasteiger partial charge on any atom is 0.118 e. The van der Waals surface area contributed by atoms with E-state index in [9.17, 15) is 0 Å². The van der Waals surface area contributed by atoms with Gasteiger partial charge in [0, 0.05) is 61.4 Å². The molecule has 2 N–H and O–H groups in total. The van der Waals surface area contributed by atoms with Crippen LogP contribution in [0.25, 0.3) is 90.9 Å². The minimum Gasteiger partial charge on any atom is -0.497 e. The topological polar surface area (TPSA) is 94.3 Å². The van der Waals surface area contributed by atoms with Crippen molar-refractivity contribution in [2.24, 2.45) is 0 Å². The van der Waals surface area contributed by atoms with Crippen LogP contribution in [0.4, 0.5) is 0 Å². The van der Waals surface area contributed by atoms with Crippen LogP contribution in [0.15, 0.2) is 121 Å². The predicted molar refractivity (Wildman–Crippen MR) is 227 cm³/mol. The molecule has 281 valence electrons. The summed E-state index contributed by atoms with van der Waals surface area (Å²) in [5, 5.41) is 0. The maximum absolute atomic E-state index is 5.53. The monoisotopic (exact) mass is 789 g/mol. The van der Waals surface area contributed by atoms with Crippen molar-refractivity contribution in [1.29, 1.82) is 0 Å². The van der Waals surface area contributed by atoms with Crippen molar-refractivity contribution >= 4 is 46.4 Å². The molecule has 8 nitrogen and oxygen atoms in total. The average Bonchev–Trinajstić information content (AvgIpc) is 4.10. The van der Waals surface area contributed by atoms with Gasteiger partial charge in [-0.25, -0.2) is 9.97 Å². The minimum atomic E-state index is 0. The summed E-state index contributed by atoms with van der Waals surface area (Å²) in [6.07, 6.45) is 8.37. The number of methoxy groups -OCH3 is 4. The second-order valence-electron chi connectivity index (χ2n) is 13.4. The summed E-state index contributed by atoms with van der Waals surface area (Å²) in [5.41, 5.74) is 14.8. The maximum atomic E-state index is 5.53. The van der Waals surface area contributed by atoms with Crippen LogP contribution in [0.5, 0.6) is 23.0 Å². The number of H-pyrrole nitrogens is 2.